The fourth-order valence-corrected chi connectivity index (χ4v) is 4.97. The Morgan fingerprint density at radius 2 is 1.76 bits per heavy atom. The van der Waals surface area contributed by atoms with Crippen molar-refractivity contribution >= 4 is 28.9 Å². The second-order valence-electron chi connectivity index (χ2n) is 8.19. The van der Waals surface area contributed by atoms with Crippen molar-refractivity contribution in [3.63, 3.8) is 0 Å². The maximum absolute atomic E-state index is 13.5. The van der Waals surface area contributed by atoms with E-state index in [1.54, 1.807) is 16.8 Å². The number of halogens is 1. The van der Waals surface area contributed by atoms with Gasteiger partial charge in [-0.1, -0.05) is 18.2 Å². The summed E-state index contributed by atoms with van der Waals surface area (Å²) < 4.78 is 21.1. The first-order valence-corrected chi connectivity index (χ1v) is 11.6. The van der Waals surface area contributed by atoms with Gasteiger partial charge in [-0.3, -0.25) is 4.79 Å². The molecule has 0 N–H and O–H groups in total. The number of para-hydroxylation sites is 1. The topological polar surface area (TPSA) is 59.7 Å². The first kappa shape index (κ1) is 21.6. The van der Waals surface area contributed by atoms with E-state index < -0.39 is 0 Å². The normalized spacial score (nSPS) is 22.2. The molecular formula is C25H23FN4O2S. The number of aliphatic imine (C=N–C) groups is 1. The van der Waals surface area contributed by atoms with Crippen LogP contribution in [0.25, 0.3) is 23.0 Å². The molecule has 0 radical (unpaired) electrons. The average molecular weight is 463 g/mol. The summed E-state index contributed by atoms with van der Waals surface area (Å²) in [6.07, 6.45) is 3.86. The molecule has 0 saturated carbocycles. The van der Waals surface area contributed by atoms with E-state index in [0.717, 1.165) is 16.8 Å². The molecule has 168 valence electrons. The molecular weight excluding hydrogens is 439 g/mol. The Kier molecular flexibility index (Phi) is 5.86. The number of carbonyl (C=O) groups is 1. The molecule has 0 unspecified atom stereocenters. The van der Waals surface area contributed by atoms with E-state index in [1.807, 2.05) is 56.5 Å². The predicted molar refractivity (Wildman–Crippen MR) is 129 cm³/mol. The molecule has 2 aromatic carbocycles. The Bertz CT molecular complexity index is 1230. The summed E-state index contributed by atoms with van der Waals surface area (Å²) in [7, 11) is 0. The number of rotatable bonds is 3. The number of amidine groups is 1. The monoisotopic (exact) mass is 462 g/mol. The molecule has 3 heterocycles. The van der Waals surface area contributed by atoms with Crippen LogP contribution in [0.5, 0.6) is 0 Å². The summed E-state index contributed by atoms with van der Waals surface area (Å²) in [5.41, 5.74) is 3.10. The van der Waals surface area contributed by atoms with Crippen molar-refractivity contribution < 1.29 is 13.9 Å². The van der Waals surface area contributed by atoms with Gasteiger partial charge in [-0.25, -0.2) is 9.07 Å². The summed E-state index contributed by atoms with van der Waals surface area (Å²) in [5.74, 6) is -0.575. The number of amides is 1. The maximum Gasteiger partial charge on any atom is 0.286 e. The standard InChI is InChI=1S/C25H23FN4O2S/c1-16-13-29(14-17(2)32-16)25-27-24(31)22(33-25)12-19-15-30(21-6-4-3-5-7-21)28-23(19)18-8-10-20(26)11-9-18/h3-12,15-17H,13-14H2,1-2H3/b22-12-/t16-,17-/m1/s1. The van der Waals surface area contributed by atoms with Crippen LogP contribution in [0, 0.1) is 5.82 Å². The number of carbonyl (C=O) groups excluding carboxylic acids is 1. The molecule has 2 aliphatic rings. The van der Waals surface area contributed by atoms with Gasteiger partial charge in [-0.15, -0.1) is 0 Å². The molecule has 8 heteroatoms. The zero-order valence-corrected chi connectivity index (χ0v) is 19.1. The first-order chi connectivity index (χ1) is 16.0. The van der Waals surface area contributed by atoms with Crippen LogP contribution in [0.4, 0.5) is 4.39 Å². The molecule has 2 atom stereocenters. The highest BCUT2D eigenvalue weighted by atomic mass is 32.2. The number of hydrogen-bond donors (Lipinski definition) is 0. The highest BCUT2D eigenvalue weighted by molar-refractivity contribution is 8.18. The van der Waals surface area contributed by atoms with Gasteiger partial charge in [0.05, 0.1) is 28.5 Å². The van der Waals surface area contributed by atoms with Crippen LogP contribution in [0.1, 0.15) is 19.4 Å². The lowest BCUT2D eigenvalue weighted by molar-refractivity contribution is -0.113. The van der Waals surface area contributed by atoms with Crippen LogP contribution < -0.4 is 0 Å². The van der Waals surface area contributed by atoms with Crippen LogP contribution in [-0.4, -0.2) is 51.1 Å². The number of thioether (sulfide) groups is 1. The van der Waals surface area contributed by atoms with Crippen molar-refractivity contribution in [3.8, 4) is 16.9 Å². The summed E-state index contributed by atoms with van der Waals surface area (Å²) in [6.45, 7) is 5.44. The van der Waals surface area contributed by atoms with Gasteiger partial charge in [0.25, 0.3) is 5.91 Å². The van der Waals surface area contributed by atoms with Crippen LogP contribution in [-0.2, 0) is 9.53 Å². The number of aromatic nitrogens is 2. The molecule has 1 aromatic heterocycles. The van der Waals surface area contributed by atoms with Crippen molar-refractivity contribution in [2.75, 3.05) is 13.1 Å². The summed E-state index contributed by atoms with van der Waals surface area (Å²) in [4.78, 5) is 19.7. The van der Waals surface area contributed by atoms with Crippen molar-refractivity contribution in [1.29, 1.82) is 0 Å². The molecule has 3 aromatic rings. The van der Waals surface area contributed by atoms with Crippen molar-refractivity contribution in [1.82, 2.24) is 14.7 Å². The highest BCUT2D eigenvalue weighted by Gasteiger charge is 2.31. The lowest BCUT2D eigenvalue weighted by Crippen LogP contribution is -2.47. The fourth-order valence-electron chi connectivity index (χ4n) is 4.05. The Labute approximate surface area is 195 Å². The lowest BCUT2D eigenvalue weighted by atomic mass is 10.1. The van der Waals surface area contributed by atoms with Crippen molar-refractivity contribution in [2.45, 2.75) is 26.1 Å². The largest absolute Gasteiger partial charge is 0.372 e. The van der Waals surface area contributed by atoms with E-state index in [1.165, 1.54) is 23.9 Å². The predicted octanol–water partition coefficient (Wildman–Crippen LogP) is 4.76. The van der Waals surface area contributed by atoms with E-state index >= 15 is 0 Å². The molecule has 33 heavy (non-hydrogen) atoms. The van der Waals surface area contributed by atoms with Gasteiger partial charge >= 0.3 is 0 Å². The number of nitrogens with zero attached hydrogens (tertiary/aromatic N) is 4. The third-order valence-electron chi connectivity index (χ3n) is 5.47. The Balaban J connectivity index is 1.49. The molecule has 6 nitrogen and oxygen atoms in total. The van der Waals surface area contributed by atoms with Crippen LogP contribution in [0.2, 0.25) is 0 Å². The van der Waals surface area contributed by atoms with Crippen LogP contribution >= 0.6 is 11.8 Å². The molecule has 1 amide bonds. The van der Waals surface area contributed by atoms with E-state index in [2.05, 4.69) is 9.89 Å². The highest BCUT2D eigenvalue weighted by Crippen LogP contribution is 2.34. The molecule has 1 saturated heterocycles. The molecule has 0 bridgehead atoms. The minimum absolute atomic E-state index is 0.0781. The third-order valence-corrected chi connectivity index (χ3v) is 6.51. The van der Waals surface area contributed by atoms with Gasteiger partial charge in [0.2, 0.25) is 0 Å². The molecule has 2 aliphatic heterocycles. The molecule has 5 rings (SSSR count). The van der Waals surface area contributed by atoms with E-state index in [0.29, 0.717) is 28.9 Å². The molecule has 0 spiro atoms. The van der Waals surface area contributed by atoms with E-state index in [9.17, 15) is 9.18 Å². The number of benzene rings is 2. The van der Waals surface area contributed by atoms with Crippen molar-refractivity contribution in [2.24, 2.45) is 4.99 Å². The Morgan fingerprint density at radius 3 is 2.45 bits per heavy atom. The first-order valence-electron chi connectivity index (χ1n) is 10.8. The third kappa shape index (κ3) is 4.62. The zero-order valence-electron chi connectivity index (χ0n) is 18.3. The fraction of sp³-hybridized carbons (Fsp3) is 0.240. The van der Waals surface area contributed by atoms with Crippen LogP contribution in [0.3, 0.4) is 0 Å². The Hall–Kier alpha value is -3.23. The van der Waals surface area contributed by atoms with Gasteiger partial charge in [0.1, 0.15) is 5.82 Å². The SMILES string of the molecule is C[C@@H]1CN(C2=NC(=O)/C(=C/c3cn(-c4ccccc4)nc3-c3ccc(F)cc3)S2)C[C@@H](C)O1. The van der Waals surface area contributed by atoms with Crippen LogP contribution in [0.15, 0.2) is 70.7 Å². The van der Waals surface area contributed by atoms with E-state index in [-0.39, 0.29) is 23.9 Å². The van der Waals surface area contributed by atoms with Gasteiger partial charge in [0.15, 0.2) is 5.17 Å². The molecule has 1 fully saturated rings. The summed E-state index contributed by atoms with van der Waals surface area (Å²) >= 11 is 1.37. The zero-order chi connectivity index (χ0) is 22.9. The minimum Gasteiger partial charge on any atom is -0.372 e. The number of ether oxygens (including phenoxy) is 1. The van der Waals surface area contributed by atoms with E-state index in [4.69, 9.17) is 9.84 Å². The summed E-state index contributed by atoms with van der Waals surface area (Å²) in [6, 6.07) is 15.9. The second-order valence-corrected chi connectivity index (χ2v) is 9.20. The van der Waals surface area contributed by atoms with Gasteiger partial charge in [-0.05, 0) is 68.1 Å². The maximum atomic E-state index is 13.5. The number of morpholine rings is 1. The Morgan fingerprint density at radius 1 is 1.06 bits per heavy atom. The van der Waals surface area contributed by atoms with Gasteiger partial charge in [0, 0.05) is 30.4 Å². The minimum atomic E-state index is -0.310. The average Bonchev–Trinajstić information content (AvgIpc) is 3.38. The van der Waals surface area contributed by atoms with Gasteiger partial charge in [-0.2, -0.15) is 10.1 Å². The van der Waals surface area contributed by atoms with Gasteiger partial charge < -0.3 is 9.64 Å². The molecule has 0 aliphatic carbocycles. The smallest absolute Gasteiger partial charge is 0.286 e. The quantitative estimate of drug-likeness (QED) is 0.526. The number of hydrogen-bond acceptors (Lipinski definition) is 5. The van der Waals surface area contributed by atoms with Crippen molar-refractivity contribution in [3.05, 3.63) is 77.1 Å². The summed E-state index contributed by atoms with van der Waals surface area (Å²) in [5, 5.41) is 5.44. The lowest BCUT2D eigenvalue weighted by Gasteiger charge is -2.35. The second kappa shape index (κ2) is 8.96.